The third-order valence-corrected chi connectivity index (χ3v) is 4.63. The normalized spacial score (nSPS) is 10.4. The third-order valence-electron chi connectivity index (χ3n) is 4.63. The number of ether oxygens (including phenoxy) is 2. The lowest BCUT2D eigenvalue weighted by atomic mass is 10.1. The van der Waals surface area contributed by atoms with Crippen molar-refractivity contribution in [2.24, 2.45) is 0 Å². The fraction of sp³-hybridized carbons (Fsp3) is 0.200. The van der Waals surface area contributed by atoms with E-state index in [2.05, 4.69) is 10.6 Å². The van der Waals surface area contributed by atoms with Crippen LogP contribution < -0.4 is 15.4 Å². The van der Waals surface area contributed by atoms with Gasteiger partial charge in [0, 0.05) is 19.2 Å². The Labute approximate surface area is 182 Å². The third kappa shape index (κ3) is 6.69. The molecule has 31 heavy (non-hydrogen) atoms. The summed E-state index contributed by atoms with van der Waals surface area (Å²) in [5, 5.41) is 5.74. The molecule has 6 nitrogen and oxygen atoms in total. The molecule has 0 bridgehead atoms. The van der Waals surface area contributed by atoms with Gasteiger partial charge in [0.25, 0.3) is 11.8 Å². The predicted octanol–water partition coefficient (Wildman–Crippen LogP) is 3.94. The highest BCUT2D eigenvalue weighted by Gasteiger charge is 2.14. The van der Waals surface area contributed by atoms with Crippen LogP contribution in [0.4, 0.5) is 5.69 Å². The van der Waals surface area contributed by atoms with E-state index < -0.39 is 0 Å². The first-order valence-corrected chi connectivity index (χ1v) is 10.1. The Bertz CT molecular complexity index is 988. The molecule has 0 atom stereocenters. The van der Waals surface area contributed by atoms with Crippen molar-refractivity contribution in [1.82, 2.24) is 5.32 Å². The fourth-order valence-electron chi connectivity index (χ4n) is 2.99. The summed E-state index contributed by atoms with van der Waals surface area (Å²) >= 11 is 0. The van der Waals surface area contributed by atoms with Crippen molar-refractivity contribution in [2.45, 2.75) is 6.42 Å². The van der Waals surface area contributed by atoms with Gasteiger partial charge in [-0.1, -0.05) is 42.5 Å². The molecule has 0 saturated carbocycles. The summed E-state index contributed by atoms with van der Waals surface area (Å²) in [4.78, 5) is 25.3. The first kappa shape index (κ1) is 22.1. The highest BCUT2D eigenvalue weighted by atomic mass is 16.5. The van der Waals surface area contributed by atoms with Crippen LogP contribution in [0.15, 0.2) is 78.9 Å². The topological polar surface area (TPSA) is 76.7 Å². The molecule has 0 aromatic heterocycles. The minimum absolute atomic E-state index is 0.228. The largest absolute Gasteiger partial charge is 0.491 e. The molecule has 6 heteroatoms. The molecule has 0 heterocycles. The van der Waals surface area contributed by atoms with Gasteiger partial charge in [-0.2, -0.15) is 0 Å². The number of hydrogen-bond acceptors (Lipinski definition) is 4. The highest BCUT2D eigenvalue weighted by Crippen LogP contribution is 2.18. The van der Waals surface area contributed by atoms with Gasteiger partial charge >= 0.3 is 0 Å². The van der Waals surface area contributed by atoms with Crippen molar-refractivity contribution in [3.05, 3.63) is 95.6 Å². The number of benzene rings is 3. The maximum absolute atomic E-state index is 12.7. The standard InChI is InChI=1S/C25H26N2O4/c1-30-17-18-31-21-13-11-20(12-14-21)24(28)27-23-10-6-5-9-22(23)25(29)26-16-15-19-7-3-2-4-8-19/h2-14H,15-18H2,1H3,(H,26,29)(H,27,28). The molecule has 0 radical (unpaired) electrons. The maximum Gasteiger partial charge on any atom is 0.255 e. The highest BCUT2D eigenvalue weighted by molar-refractivity contribution is 6.09. The van der Waals surface area contributed by atoms with Crippen LogP contribution >= 0.6 is 0 Å². The van der Waals surface area contributed by atoms with Crippen LogP contribution in [-0.2, 0) is 11.2 Å². The molecule has 2 amide bonds. The van der Waals surface area contributed by atoms with E-state index in [9.17, 15) is 9.59 Å². The molecular weight excluding hydrogens is 392 g/mol. The van der Waals surface area contributed by atoms with E-state index in [4.69, 9.17) is 9.47 Å². The second-order valence-electron chi connectivity index (χ2n) is 6.86. The van der Waals surface area contributed by atoms with Crippen molar-refractivity contribution >= 4 is 17.5 Å². The summed E-state index contributed by atoms with van der Waals surface area (Å²) in [5.74, 6) is 0.133. The van der Waals surface area contributed by atoms with Crippen molar-refractivity contribution in [1.29, 1.82) is 0 Å². The van der Waals surface area contributed by atoms with Gasteiger partial charge in [0.1, 0.15) is 12.4 Å². The Balaban J connectivity index is 1.59. The zero-order chi connectivity index (χ0) is 21.9. The second-order valence-corrected chi connectivity index (χ2v) is 6.86. The molecule has 2 N–H and O–H groups in total. The summed E-state index contributed by atoms with van der Waals surface area (Å²) < 4.78 is 10.5. The van der Waals surface area contributed by atoms with Gasteiger partial charge in [0.05, 0.1) is 17.9 Å². The molecule has 3 rings (SSSR count). The van der Waals surface area contributed by atoms with E-state index in [1.165, 1.54) is 0 Å². The average molecular weight is 418 g/mol. The van der Waals surface area contributed by atoms with Gasteiger partial charge in [-0.15, -0.1) is 0 Å². The van der Waals surface area contributed by atoms with Gasteiger partial charge < -0.3 is 20.1 Å². The van der Waals surface area contributed by atoms with E-state index >= 15 is 0 Å². The Kier molecular flexibility index (Phi) is 8.20. The van der Waals surface area contributed by atoms with E-state index in [1.807, 2.05) is 30.3 Å². The molecule has 3 aromatic rings. The van der Waals surface area contributed by atoms with Gasteiger partial charge in [-0.3, -0.25) is 9.59 Å². The first-order chi connectivity index (χ1) is 15.2. The molecule has 160 valence electrons. The lowest BCUT2D eigenvalue weighted by Crippen LogP contribution is -2.27. The fourth-order valence-corrected chi connectivity index (χ4v) is 2.99. The van der Waals surface area contributed by atoms with Crippen LogP contribution in [0.3, 0.4) is 0 Å². The minimum Gasteiger partial charge on any atom is -0.491 e. The molecule has 0 aliphatic carbocycles. The predicted molar refractivity (Wildman–Crippen MR) is 121 cm³/mol. The average Bonchev–Trinajstić information content (AvgIpc) is 2.80. The van der Waals surface area contributed by atoms with E-state index in [-0.39, 0.29) is 11.8 Å². The SMILES string of the molecule is COCCOc1ccc(C(=O)Nc2ccccc2C(=O)NCCc2ccccc2)cc1. The van der Waals surface area contributed by atoms with Crippen molar-refractivity contribution in [3.8, 4) is 5.75 Å². The first-order valence-electron chi connectivity index (χ1n) is 10.1. The number of methoxy groups -OCH3 is 1. The van der Waals surface area contributed by atoms with Crippen molar-refractivity contribution in [2.75, 3.05) is 32.2 Å². The number of anilines is 1. The van der Waals surface area contributed by atoms with Gasteiger partial charge in [0.2, 0.25) is 0 Å². The van der Waals surface area contributed by atoms with Gasteiger partial charge in [-0.05, 0) is 48.4 Å². The van der Waals surface area contributed by atoms with Crippen LogP contribution in [0.2, 0.25) is 0 Å². The number of rotatable bonds is 10. The number of nitrogens with one attached hydrogen (secondary N) is 2. The van der Waals surface area contributed by atoms with Crippen molar-refractivity contribution < 1.29 is 19.1 Å². The second kappa shape index (κ2) is 11.5. The molecule has 0 aliphatic rings. The van der Waals surface area contributed by atoms with E-state index in [1.54, 1.807) is 55.6 Å². The lowest BCUT2D eigenvalue weighted by molar-refractivity contribution is 0.0955. The van der Waals surface area contributed by atoms with Gasteiger partial charge in [0.15, 0.2) is 0 Å². The minimum atomic E-state index is -0.298. The molecule has 0 aliphatic heterocycles. The van der Waals surface area contributed by atoms with Gasteiger partial charge in [-0.25, -0.2) is 0 Å². The van der Waals surface area contributed by atoms with Crippen LogP contribution in [-0.4, -0.2) is 38.7 Å². The molecule has 0 unspecified atom stereocenters. The van der Waals surface area contributed by atoms with Crippen LogP contribution in [0.5, 0.6) is 5.75 Å². The molecule has 0 spiro atoms. The van der Waals surface area contributed by atoms with Crippen LogP contribution in [0.25, 0.3) is 0 Å². The zero-order valence-corrected chi connectivity index (χ0v) is 17.5. The van der Waals surface area contributed by atoms with Crippen LogP contribution in [0, 0.1) is 0 Å². The van der Waals surface area contributed by atoms with E-state index in [0.717, 1.165) is 12.0 Å². The molecular formula is C25H26N2O4. The maximum atomic E-state index is 12.7. The Hall–Kier alpha value is -3.64. The lowest BCUT2D eigenvalue weighted by Gasteiger charge is -2.12. The van der Waals surface area contributed by atoms with Crippen LogP contribution in [0.1, 0.15) is 26.3 Å². The number of carbonyl (C=O) groups is 2. The summed E-state index contributed by atoms with van der Waals surface area (Å²) in [5.41, 5.74) is 2.51. The zero-order valence-electron chi connectivity index (χ0n) is 17.5. The Morgan fingerprint density at radius 2 is 1.52 bits per heavy atom. The summed E-state index contributed by atoms with van der Waals surface area (Å²) in [6.45, 7) is 1.44. The van der Waals surface area contributed by atoms with Crippen molar-refractivity contribution in [3.63, 3.8) is 0 Å². The molecule has 3 aromatic carbocycles. The summed E-state index contributed by atoms with van der Waals surface area (Å²) in [7, 11) is 1.61. The molecule has 0 saturated heterocycles. The monoisotopic (exact) mass is 418 g/mol. The number of carbonyl (C=O) groups excluding carboxylic acids is 2. The number of hydrogen-bond donors (Lipinski definition) is 2. The summed E-state index contributed by atoms with van der Waals surface area (Å²) in [6.07, 6.45) is 0.736. The Morgan fingerprint density at radius 1 is 0.806 bits per heavy atom. The smallest absolute Gasteiger partial charge is 0.255 e. The molecule has 0 fully saturated rings. The summed E-state index contributed by atoms with van der Waals surface area (Å²) in [6, 6.07) is 23.7. The van der Waals surface area contributed by atoms with E-state index in [0.29, 0.717) is 42.3 Å². The number of para-hydroxylation sites is 1. The quantitative estimate of drug-likeness (QED) is 0.489. The Morgan fingerprint density at radius 3 is 2.26 bits per heavy atom. The number of amides is 2.